The molecule has 4 heteroatoms. The predicted octanol–water partition coefficient (Wildman–Crippen LogP) is -0.611. The summed E-state index contributed by atoms with van der Waals surface area (Å²) in [5.74, 6) is 0. The van der Waals surface area contributed by atoms with Gasteiger partial charge in [0.25, 0.3) is 0 Å². The van der Waals surface area contributed by atoms with Crippen molar-refractivity contribution in [1.29, 1.82) is 0 Å². The molecule has 6 rings (SSSR count). The van der Waals surface area contributed by atoms with E-state index in [1.807, 2.05) is 0 Å². The first kappa shape index (κ1) is 23.5. The number of hydrogen-bond acceptors (Lipinski definition) is 0. The van der Waals surface area contributed by atoms with Crippen molar-refractivity contribution in [3.05, 3.63) is 107 Å². The molecule has 0 aromatic heterocycles. The summed E-state index contributed by atoms with van der Waals surface area (Å²) in [6.07, 6.45) is 2.24. The molecule has 2 aliphatic carbocycles. The minimum absolute atomic E-state index is 0. The fraction of sp³-hybridized carbons (Fsp3) is 0.143. The molecule has 0 unspecified atom stereocenters. The van der Waals surface area contributed by atoms with Gasteiger partial charge in [-0.15, -0.1) is 0 Å². The molecule has 0 bridgehead atoms. The summed E-state index contributed by atoms with van der Waals surface area (Å²) >= 11 is -1.60. The Morgan fingerprint density at radius 3 is 1.38 bits per heavy atom. The van der Waals surface area contributed by atoms with E-state index in [1.165, 1.54) is 33.4 Å². The number of rotatable bonds is 3. The second-order valence-corrected chi connectivity index (χ2v) is 22.0. The Balaban J connectivity index is 0.00000122. The summed E-state index contributed by atoms with van der Waals surface area (Å²) in [5.41, 5.74) is 12.2. The molecule has 0 N–H and O–H groups in total. The smallest absolute Gasteiger partial charge is 1.00 e. The predicted molar refractivity (Wildman–Crippen MR) is 128 cm³/mol. The standard InChI is InChI=1S/2C13H9.C2H7Si.2ClH.Ti/c2*1-3-7-12-10(5-1)9-11-6-2-4-8-13(11)12;1-3-2;;;/h2*1-5,7-8H,9H2;3H,1-2H3;2*1H;/q;;;;;+2/p-2. The van der Waals surface area contributed by atoms with E-state index in [1.54, 1.807) is 18.9 Å². The van der Waals surface area contributed by atoms with Crippen LogP contribution in [0.4, 0.5) is 0 Å². The van der Waals surface area contributed by atoms with Gasteiger partial charge in [0, 0.05) is 0 Å². The molecule has 4 aromatic carbocycles. The van der Waals surface area contributed by atoms with Gasteiger partial charge in [-0.05, 0) is 0 Å². The molecule has 4 aromatic rings. The molecule has 0 heterocycles. The normalized spacial score (nSPS) is 12.2. The first-order valence-electron chi connectivity index (χ1n) is 11.0. The molecule has 0 radical (unpaired) electrons. The van der Waals surface area contributed by atoms with E-state index >= 15 is 0 Å². The Hall–Kier alpha value is -1.61. The van der Waals surface area contributed by atoms with Crippen molar-refractivity contribution in [2.45, 2.75) is 25.9 Å². The molecular weight excluding hydrogens is 483 g/mol. The van der Waals surface area contributed by atoms with Crippen LogP contribution in [-0.4, -0.2) is 6.66 Å². The monoisotopic (exact) mass is 507 g/mol. The largest absolute Gasteiger partial charge is 1.00 e. The SMILES string of the molecule is C[SiH](C)[Ti+2]([c]1cccc2c1Cc1ccccc1-2)[c]1cccc2c1Cc1ccccc1-2.[Cl-].[Cl-]. The van der Waals surface area contributed by atoms with Crippen LogP contribution in [-0.2, 0) is 30.0 Å². The second kappa shape index (κ2) is 9.33. The molecule has 0 nitrogen and oxygen atoms in total. The third kappa shape index (κ3) is 3.65. The van der Waals surface area contributed by atoms with Crippen LogP contribution in [0.3, 0.4) is 0 Å². The fourth-order valence-electron chi connectivity index (χ4n) is 5.59. The zero-order valence-corrected chi connectivity index (χ0v) is 22.6. The quantitative estimate of drug-likeness (QED) is 0.280. The third-order valence-corrected chi connectivity index (χ3v) is 19.3. The molecule has 0 spiro atoms. The first-order valence-corrected chi connectivity index (χ1v) is 18.2. The zero-order valence-electron chi connectivity index (χ0n) is 18.3. The summed E-state index contributed by atoms with van der Waals surface area (Å²) in [5, 5.41) is 0. The summed E-state index contributed by atoms with van der Waals surface area (Å²) in [4.78, 5) is 0. The average molecular weight is 508 g/mol. The summed E-state index contributed by atoms with van der Waals surface area (Å²) in [6, 6.07) is 32.4. The van der Waals surface area contributed by atoms with Gasteiger partial charge in [-0.3, -0.25) is 0 Å². The molecular formula is C28H25Cl2SiTi. The number of fused-ring (bicyclic) bond motifs is 6. The maximum Gasteiger partial charge on any atom is -1.00 e. The van der Waals surface area contributed by atoms with Crippen molar-refractivity contribution < 1.29 is 41.9 Å². The molecule has 0 fully saturated rings. The Kier molecular flexibility index (Phi) is 6.87. The van der Waals surface area contributed by atoms with E-state index in [0.29, 0.717) is 0 Å². The van der Waals surface area contributed by atoms with E-state index in [9.17, 15) is 0 Å². The van der Waals surface area contributed by atoms with Gasteiger partial charge in [0.05, 0.1) is 0 Å². The minimum Gasteiger partial charge on any atom is -1.00 e. The van der Waals surface area contributed by atoms with Crippen LogP contribution in [0, 0.1) is 0 Å². The third-order valence-electron chi connectivity index (χ3n) is 6.86. The van der Waals surface area contributed by atoms with E-state index in [0.717, 1.165) is 12.8 Å². The fourth-order valence-corrected chi connectivity index (χ4v) is 17.9. The van der Waals surface area contributed by atoms with Gasteiger partial charge in [-0.1, -0.05) is 0 Å². The molecule has 0 saturated carbocycles. The number of hydrogen-bond donors (Lipinski definition) is 0. The van der Waals surface area contributed by atoms with Crippen LogP contribution in [0.1, 0.15) is 22.3 Å². The van der Waals surface area contributed by atoms with Crippen molar-refractivity contribution in [1.82, 2.24) is 0 Å². The molecule has 0 atom stereocenters. The maximum atomic E-state index is 2.60. The van der Waals surface area contributed by atoms with Crippen molar-refractivity contribution in [2.24, 2.45) is 0 Å². The van der Waals surface area contributed by atoms with Crippen molar-refractivity contribution in [3.63, 3.8) is 0 Å². The zero-order chi connectivity index (χ0) is 20.2. The molecule has 0 aliphatic heterocycles. The minimum atomic E-state index is -1.60. The van der Waals surface area contributed by atoms with Gasteiger partial charge < -0.3 is 24.8 Å². The average Bonchev–Trinajstić information content (AvgIpc) is 3.33. The first-order chi connectivity index (χ1) is 14.7. The molecule has 0 amide bonds. The summed E-state index contributed by atoms with van der Waals surface area (Å²) < 4.78 is 3.49. The topological polar surface area (TPSA) is 0 Å². The van der Waals surface area contributed by atoms with Crippen LogP contribution < -0.4 is 32.6 Å². The van der Waals surface area contributed by atoms with E-state index in [4.69, 9.17) is 0 Å². The van der Waals surface area contributed by atoms with Gasteiger partial charge in [-0.25, -0.2) is 0 Å². The van der Waals surface area contributed by atoms with Crippen molar-refractivity contribution in [3.8, 4) is 22.3 Å². The Morgan fingerprint density at radius 2 is 0.938 bits per heavy atom. The Morgan fingerprint density at radius 1 is 0.531 bits per heavy atom. The number of halogens is 2. The van der Waals surface area contributed by atoms with Crippen molar-refractivity contribution >= 4 is 14.4 Å². The van der Waals surface area contributed by atoms with E-state index in [2.05, 4.69) is 98.0 Å². The van der Waals surface area contributed by atoms with Crippen LogP contribution in [0.15, 0.2) is 84.9 Å². The van der Waals surface area contributed by atoms with Crippen LogP contribution >= 0.6 is 0 Å². The van der Waals surface area contributed by atoms with Gasteiger partial charge in [0.1, 0.15) is 0 Å². The summed E-state index contributed by atoms with van der Waals surface area (Å²) in [6.45, 7) is 4.35. The van der Waals surface area contributed by atoms with Gasteiger partial charge in [0.2, 0.25) is 0 Å². The van der Waals surface area contributed by atoms with E-state index < -0.39 is 23.8 Å². The van der Waals surface area contributed by atoms with Gasteiger partial charge in [-0.2, -0.15) is 0 Å². The Labute approximate surface area is 210 Å². The molecule has 0 saturated heterocycles. The number of benzene rings is 4. The van der Waals surface area contributed by atoms with E-state index in [-0.39, 0.29) is 24.8 Å². The molecule has 159 valence electrons. The van der Waals surface area contributed by atoms with Crippen LogP contribution in [0.25, 0.3) is 22.3 Å². The Bertz CT molecular complexity index is 1200. The summed E-state index contributed by atoms with van der Waals surface area (Å²) in [7, 11) is 0. The van der Waals surface area contributed by atoms with Gasteiger partial charge >= 0.3 is 187 Å². The molecule has 32 heavy (non-hydrogen) atoms. The van der Waals surface area contributed by atoms with Crippen LogP contribution in [0.2, 0.25) is 13.1 Å². The molecule has 2 aliphatic rings. The second-order valence-electron chi connectivity index (χ2n) is 8.90. The van der Waals surface area contributed by atoms with Crippen LogP contribution in [0.5, 0.6) is 0 Å². The van der Waals surface area contributed by atoms with Gasteiger partial charge in [0.15, 0.2) is 0 Å². The van der Waals surface area contributed by atoms with Crippen molar-refractivity contribution in [2.75, 3.05) is 0 Å². The maximum absolute atomic E-state index is 2.60.